The molecule has 0 aromatic heterocycles. The van der Waals surface area contributed by atoms with Crippen LogP contribution in [0.5, 0.6) is 0 Å². The number of aliphatic carboxylic acids is 3. The second-order valence-electron chi connectivity index (χ2n) is 2.95. The molecule has 0 atom stereocenters. The number of carboxylic acids is 3. The van der Waals surface area contributed by atoms with E-state index in [2.05, 4.69) is 0 Å². The Morgan fingerprint density at radius 1 is 0.870 bits per heavy atom. The summed E-state index contributed by atoms with van der Waals surface area (Å²) >= 11 is 0. The van der Waals surface area contributed by atoms with Gasteiger partial charge in [0, 0.05) is 0 Å². The monoisotopic (exact) mass is 388 g/mol. The molecular formula is C6H15Na2O14P. The van der Waals surface area contributed by atoms with Gasteiger partial charge in [-0.25, -0.2) is 4.79 Å². The van der Waals surface area contributed by atoms with E-state index < -0.39 is 44.2 Å². The summed E-state index contributed by atoms with van der Waals surface area (Å²) in [7, 11) is -5.14. The largest absolute Gasteiger partial charge is 1.00 e. The third-order valence-electron chi connectivity index (χ3n) is 1.29. The van der Waals surface area contributed by atoms with Gasteiger partial charge in [0.2, 0.25) is 0 Å². The van der Waals surface area contributed by atoms with E-state index in [4.69, 9.17) is 39.7 Å². The van der Waals surface area contributed by atoms with E-state index in [-0.39, 0.29) is 75.5 Å². The van der Waals surface area contributed by atoms with Gasteiger partial charge in [-0.3, -0.25) is 9.59 Å². The topological polar surface area (TPSA) is 310 Å². The van der Waals surface area contributed by atoms with Gasteiger partial charge in [-0.05, 0) is 0 Å². The molecule has 17 heteroatoms. The van der Waals surface area contributed by atoms with Crippen LogP contribution in [0.1, 0.15) is 12.8 Å². The van der Waals surface area contributed by atoms with Crippen molar-refractivity contribution in [3.05, 3.63) is 0 Å². The van der Waals surface area contributed by atoms with Crippen LogP contribution in [0, 0.1) is 0 Å². The molecule has 0 amide bonds. The Bertz CT molecular complexity index is 355. The summed E-state index contributed by atoms with van der Waals surface area (Å²) in [4.78, 5) is 54.8. The minimum Gasteiger partial charge on any atom is -0.790 e. The second-order valence-corrected chi connectivity index (χ2v) is 3.88. The molecule has 11 N–H and O–H groups in total. The minimum atomic E-state index is -5.14. The molecule has 0 heterocycles. The Kier molecular flexibility index (Phi) is 35.5. The average Bonchev–Trinajstić information content (AvgIpc) is 1.95. The molecule has 0 bridgehead atoms. The van der Waals surface area contributed by atoms with Crippen molar-refractivity contribution in [3.63, 3.8) is 0 Å². The third-order valence-corrected chi connectivity index (χ3v) is 1.29. The van der Waals surface area contributed by atoms with E-state index in [0.29, 0.717) is 0 Å². The summed E-state index contributed by atoms with van der Waals surface area (Å²) in [6.45, 7) is 0. The predicted octanol–water partition coefficient (Wildman–Crippen LogP) is -11.9. The Morgan fingerprint density at radius 2 is 1.04 bits per heavy atom. The molecule has 0 aliphatic rings. The van der Waals surface area contributed by atoms with E-state index in [1.165, 1.54) is 0 Å². The molecule has 130 valence electrons. The fraction of sp³-hybridized carbons (Fsp3) is 0.500. The van der Waals surface area contributed by atoms with Gasteiger partial charge in [0.1, 0.15) is 0 Å². The van der Waals surface area contributed by atoms with Gasteiger partial charge < -0.3 is 56.1 Å². The maximum Gasteiger partial charge on any atom is 1.00 e. The van der Waals surface area contributed by atoms with Crippen LogP contribution < -0.4 is 68.9 Å². The van der Waals surface area contributed by atoms with Crippen LogP contribution in [-0.2, 0) is 18.9 Å². The number of phosphoric acid groups is 1. The molecule has 0 saturated carbocycles. The number of carbonyl (C=O) groups is 3. The van der Waals surface area contributed by atoms with E-state index in [0.717, 1.165) is 0 Å². The summed E-state index contributed by atoms with van der Waals surface area (Å²) in [5, 5.41) is 33.8. The fourth-order valence-corrected chi connectivity index (χ4v) is 0.714. The van der Waals surface area contributed by atoms with Crippen molar-refractivity contribution < 1.29 is 130 Å². The smallest absolute Gasteiger partial charge is 0.790 e. The van der Waals surface area contributed by atoms with Crippen molar-refractivity contribution in [3.8, 4) is 0 Å². The molecule has 0 rings (SSSR count). The van der Waals surface area contributed by atoms with Crippen LogP contribution in [0.2, 0.25) is 0 Å². The molecule has 0 aromatic carbocycles. The number of hydrogen-bond acceptors (Lipinski definition) is 7. The number of hydrogen-bond donors (Lipinski definition) is 5. The van der Waals surface area contributed by atoms with Crippen molar-refractivity contribution in [1.29, 1.82) is 0 Å². The van der Waals surface area contributed by atoms with E-state index >= 15 is 0 Å². The zero-order valence-corrected chi connectivity index (χ0v) is 16.9. The molecule has 0 aliphatic heterocycles. The van der Waals surface area contributed by atoms with Gasteiger partial charge in [-0.1, -0.05) is 0 Å². The first-order chi connectivity index (χ1) is 7.78. The van der Waals surface area contributed by atoms with Crippen LogP contribution in [0.4, 0.5) is 0 Å². The molecule has 14 nitrogen and oxygen atoms in total. The van der Waals surface area contributed by atoms with Crippen molar-refractivity contribution in [2.24, 2.45) is 0 Å². The molecule has 0 aliphatic carbocycles. The van der Waals surface area contributed by atoms with Crippen molar-refractivity contribution >= 4 is 25.7 Å². The SMILES string of the molecule is O.O.O.O=C(O)CC(O)(CC(=O)O)C(=O)O.O=P([O-])([O-])O.[Na+].[Na+]. The third kappa shape index (κ3) is 34.6. The summed E-state index contributed by atoms with van der Waals surface area (Å²) < 4.78 is 8.66. The van der Waals surface area contributed by atoms with Gasteiger partial charge in [-0.15, -0.1) is 0 Å². The normalized spacial score (nSPS) is 8.70. The molecule has 0 unspecified atom stereocenters. The summed E-state index contributed by atoms with van der Waals surface area (Å²) in [6, 6.07) is 0. The number of carboxylic acid groups (broad SMARTS) is 3. The summed E-state index contributed by atoms with van der Waals surface area (Å²) in [5.41, 5.74) is -2.74. The Morgan fingerprint density at radius 3 is 1.13 bits per heavy atom. The first-order valence-corrected chi connectivity index (χ1v) is 5.41. The molecule has 0 fully saturated rings. The van der Waals surface area contributed by atoms with Crippen molar-refractivity contribution in [2.75, 3.05) is 0 Å². The molecular weight excluding hydrogens is 373 g/mol. The molecule has 0 radical (unpaired) electrons. The molecule has 0 aromatic rings. The molecule has 23 heavy (non-hydrogen) atoms. The Labute approximate surface area is 172 Å². The fourth-order valence-electron chi connectivity index (χ4n) is 0.714. The van der Waals surface area contributed by atoms with E-state index in [9.17, 15) is 14.4 Å². The van der Waals surface area contributed by atoms with Gasteiger partial charge in [0.15, 0.2) is 5.60 Å². The van der Waals surface area contributed by atoms with Gasteiger partial charge in [0.25, 0.3) is 0 Å². The maximum atomic E-state index is 10.3. The average molecular weight is 388 g/mol. The Balaban J connectivity index is -0.0000000455. The van der Waals surface area contributed by atoms with Crippen molar-refractivity contribution in [1.82, 2.24) is 0 Å². The van der Waals surface area contributed by atoms with Crippen LogP contribution in [-0.4, -0.2) is 65.3 Å². The van der Waals surface area contributed by atoms with Crippen LogP contribution in [0.25, 0.3) is 0 Å². The quantitative estimate of drug-likeness (QED) is 0.217. The Hall–Kier alpha value is 0.360. The van der Waals surface area contributed by atoms with Gasteiger partial charge >= 0.3 is 77.0 Å². The van der Waals surface area contributed by atoms with E-state index in [1.54, 1.807) is 0 Å². The van der Waals surface area contributed by atoms with Gasteiger partial charge in [0.05, 0.1) is 20.7 Å². The number of rotatable bonds is 5. The molecule has 0 spiro atoms. The van der Waals surface area contributed by atoms with Crippen LogP contribution in [0.3, 0.4) is 0 Å². The first kappa shape index (κ1) is 43.6. The van der Waals surface area contributed by atoms with Crippen LogP contribution >= 0.6 is 7.82 Å². The molecule has 0 saturated heterocycles. The van der Waals surface area contributed by atoms with Crippen LogP contribution in [0.15, 0.2) is 0 Å². The second kappa shape index (κ2) is 18.7. The standard InChI is InChI=1S/C6H8O7.2Na.H3O4P.3H2O/c7-3(8)1-6(13,5(11)12)2-4(9)10;;;1-5(2,3)4;;;/h13H,1-2H2,(H,7,8)(H,9,10)(H,11,12);;;(H3,1,2,3,4);3*1H2/q;2*+1;;;;/p-2. The zero-order chi connectivity index (χ0) is 15.1. The van der Waals surface area contributed by atoms with Gasteiger partial charge in [-0.2, -0.15) is 0 Å². The summed E-state index contributed by atoms with van der Waals surface area (Å²) in [5.74, 6) is -5.02. The van der Waals surface area contributed by atoms with Crippen molar-refractivity contribution in [2.45, 2.75) is 18.4 Å². The zero-order valence-electron chi connectivity index (χ0n) is 12.0. The number of aliphatic hydroxyl groups is 1. The summed E-state index contributed by atoms with van der Waals surface area (Å²) in [6.07, 6.45) is -2.29. The first-order valence-electron chi connectivity index (χ1n) is 3.92. The predicted molar refractivity (Wildman–Crippen MR) is 57.8 cm³/mol. The van der Waals surface area contributed by atoms with E-state index in [1.807, 2.05) is 0 Å². The maximum absolute atomic E-state index is 10.3. The minimum absolute atomic E-state index is 0.